The van der Waals surface area contributed by atoms with Crippen LogP contribution in [0.25, 0.3) is 21.8 Å². The first-order chi connectivity index (χ1) is 17.2. The molecule has 2 N–H and O–H groups in total. The van der Waals surface area contributed by atoms with Gasteiger partial charge >= 0.3 is 0 Å². The molecule has 4 heterocycles. The molecule has 0 saturated heterocycles. The molecule has 2 aliphatic rings. The Morgan fingerprint density at radius 3 is 2.25 bits per heavy atom. The molecule has 10 heteroatoms. The number of nitrogens with one attached hydrogen (secondary N) is 2. The summed E-state index contributed by atoms with van der Waals surface area (Å²) in [6.07, 6.45) is 0.721. The van der Waals surface area contributed by atoms with Crippen LogP contribution in [-0.2, 0) is 7.05 Å². The average Bonchev–Trinajstić information content (AvgIpc) is 3.28. The summed E-state index contributed by atoms with van der Waals surface area (Å²) >= 11 is 6.79. The Kier molecular flexibility index (Phi) is 6.34. The number of carbonyl (C=O) groups is 4. The van der Waals surface area contributed by atoms with Crippen molar-refractivity contribution in [1.29, 1.82) is 0 Å². The molecule has 0 unspecified atom stereocenters. The van der Waals surface area contributed by atoms with E-state index in [1.165, 1.54) is 0 Å². The van der Waals surface area contributed by atoms with Crippen molar-refractivity contribution in [2.24, 2.45) is 7.05 Å². The number of hydrogen-bond donors (Lipinski definition) is 2. The largest absolute Gasteiger partial charge is 0.350 e. The van der Waals surface area contributed by atoms with Gasteiger partial charge in [0.25, 0.3) is 11.8 Å². The SMILES string of the molecule is CN1CCC(=O)c2c(n(C)c3ccc(Br)cc23)C1=O.O=C1NCCC(=O)c2c1[nH]c1ccc(Br)cc21. The number of rotatable bonds is 0. The van der Waals surface area contributed by atoms with Crippen LogP contribution in [0.5, 0.6) is 0 Å². The van der Waals surface area contributed by atoms with Gasteiger partial charge in [0.1, 0.15) is 11.4 Å². The number of halogens is 2. The van der Waals surface area contributed by atoms with E-state index < -0.39 is 0 Å². The zero-order valence-electron chi connectivity index (χ0n) is 19.6. The number of Topliss-reactive ketones (excluding diaryl/α,β-unsaturated/α-hetero) is 2. The van der Waals surface area contributed by atoms with Crippen molar-refractivity contribution in [3.63, 3.8) is 0 Å². The van der Waals surface area contributed by atoms with Crippen LogP contribution in [0, 0.1) is 0 Å². The van der Waals surface area contributed by atoms with Gasteiger partial charge in [-0.15, -0.1) is 0 Å². The molecule has 6 rings (SSSR count). The minimum absolute atomic E-state index is 0.00250. The van der Waals surface area contributed by atoms with Crippen LogP contribution in [0.15, 0.2) is 45.3 Å². The van der Waals surface area contributed by atoms with Crippen molar-refractivity contribution in [2.75, 3.05) is 20.1 Å². The van der Waals surface area contributed by atoms with Crippen molar-refractivity contribution >= 4 is 77.0 Å². The van der Waals surface area contributed by atoms with Crippen molar-refractivity contribution < 1.29 is 19.2 Å². The lowest BCUT2D eigenvalue weighted by Gasteiger charge is -2.14. The highest BCUT2D eigenvalue weighted by atomic mass is 79.9. The highest BCUT2D eigenvalue weighted by molar-refractivity contribution is 9.10. The number of carbonyl (C=O) groups excluding carboxylic acids is 4. The molecule has 184 valence electrons. The van der Waals surface area contributed by atoms with Gasteiger partial charge in [0, 0.05) is 70.8 Å². The molecule has 0 saturated carbocycles. The fraction of sp³-hybridized carbons (Fsp3) is 0.231. The number of fused-ring (bicyclic) bond motifs is 6. The zero-order valence-corrected chi connectivity index (χ0v) is 22.7. The maximum absolute atomic E-state index is 12.4. The molecular formula is C26H22Br2N4O4. The van der Waals surface area contributed by atoms with E-state index in [0.717, 1.165) is 30.8 Å². The Hall–Kier alpha value is -3.24. The van der Waals surface area contributed by atoms with E-state index in [4.69, 9.17) is 0 Å². The van der Waals surface area contributed by atoms with Gasteiger partial charge in [-0.1, -0.05) is 31.9 Å². The van der Waals surface area contributed by atoms with Crippen molar-refractivity contribution in [2.45, 2.75) is 12.8 Å². The molecule has 0 radical (unpaired) electrons. The lowest BCUT2D eigenvalue weighted by Crippen LogP contribution is -2.27. The third-order valence-electron chi connectivity index (χ3n) is 6.57. The van der Waals surface area contributed by atoms with Gasteiger partial charge in [0.15, 0.2) is 11.6 Å². The third-order valence-corrected chi connectivity index (χ3v) is 7.55. The molecule has 0 aliphatic carbocycles. The number of aromatic nitrogens is 2. The van der Waals surface area contributed by atoms with Gasteiger partial charge in [0.05, 0.1) is 11.1 Å². The molecule has 0 spiro atoms. The van der Waals surface area contributed by atoms with Crippen molar-refractivity contribution in [3.05, 3.63) is 67.9 Å². The second kappa shape index (κ2) is 9.33. The van der Waals surface area contributed by atoms with Gasteiger partial charge in [-0.2, -0.15) is 0 Å². The summed E-state index contributed by atoms with van der Waals surface area (Å²) in [6.45, 7) is 0.873. The van der Waals surface area contributed by atoms with Gasteiger partial charge in [0.2, 0.25) is 0 Å². The minimum Gasteiger partial charge on any atom is -0.350 e. The van der Waals surface area contributed by atoms with E-state index in [1.807, 2.05) is 48.0 Å². The first kappa shape index (κ1) is 24.5. The van der Waals surface area contributed by atoms with Crippen LogP contribution in [0.3, 0.4) is 0 Å². The smallest absolute Gasteiger partial charge is 0.271 e. The number of hydrogen-bond acceptors (Lipinski definition) is 4. The number of benzene rings is 2. The molecule has 0 fully saturated rings. The number of aryl methyl sites for hydroxylation is 1. The molecule has 2 aromatic carbocycles. The fourth-order valence-electron chi connectivity index (χ4n) is 4.75. The van der Waals surface area contributed by atoms with Crippen LogP contribution < -0.4 is 5.32 Å². The topological polar surface area (TPSA) is 104 Å². The lowest BCUT2D eigenvalue weighted by molar-refractivity contribution is 0.0788. The molecule has 0 atom stereocenters. The van der Waals surface area contributed by atoms with Gasteiger partial charge in [-0.3, -0.25) is 19.2 Å². The highest BCUT2D eigenvalue weighted by Crippen LogP contribution is 2.31. The van der Waals surface area contributed by atoms with Crippen LogP contribution in [0.4, 0.5) is 0 Å². The van der Waals surface area contributed by atoms with Crippen LogP contribution in [0.2, 0.25) is 0 Å². The first-order valence-corrected chi connectivity index (χ1v) is 12.9. The summed E-state index contributed by atoms with van der Waals surface area (Å²) in [5, 5.41) is 4.35. The minimum atomic E-state index is -0.210. The number of H-pyrrole nitrogens is 1. The molecule has 0 bridgehead atoms. The summed E-state index contributed by atoms with van der Waals surface area (Å²) in [5.74, 6) is -0.257. The van der Waals surface area contributed by atoms with Crippen LogP contribution in [0.1, 0.15) is 54.5 Å². The summed E-state index contributed by atoms with van der Waals surface area (Å²) in [5.41, 5.74) is 3.66. The Morgan fingerprint density at radius 2 is 1.50 bits per heavy atom. The van der Waals surface area contributed by atoms with E-state index in [2.05, 4.69) is 42.2 Å². The maximum atomic E-state index is 12.4. The summed E-state index contributed by atoms with van der Waals surface area (Å²) < 4.78 is 3.62. The second-order valence-corrected chi connectivity index (χ2v) is 10.7. The standard InChI is InChI=1S/C14H13BrN2O2.C12H9BrN2O2/c1-16-6-5-11(18)12-9-7-8(15)3-4-10(9)17(2)13(12)14(16)19;13-6-1-2-8-7(5-6)10-9(16)3-4-14-12(17)11(10)15-8/h3-4,7H,5-6H2,1-2H3;1-2,5,15H,3-4H2,(H,14,17). The van der Waals surface area contributed by atoms with Crippen molar-refractivity contribution in [1.82, 2.24) is 19.8 Å². The molecule has 2 aliphatic heterocycles. The Bertz CT molecular complexity index is 1600. The maximum Gasteiger partial charge on any atom is 0.271 e. The number of aromatic amines is 1. The second-order valence-electron chi connectivity index (χ2n) is 8.84. The number of ketones is 2. The first-order valence-electron chi connectivity index (χ1n) is 11.4. The predicted octanol–water partition coefficient (Wildman–Crippen LogP) is 4.85. The lowest BCUT2D eigenvalue weighted by atomic mass is 10.1. The zero-order chi connectivity index (χ0) is 25.7. The normalized spacial score (nSPS) is 15.7. The number of amides is 2. The van der Waals surface area contributed by atoms with Crippen molar-refractivity contribution in [3.8, 4) is 0 Å². The quantitative estimate of drug-likeness (QED) is 0.296. The van der Waals surface area contributed by atoms with Gasteiger partial charge in [-0.25, -0.2) is 0 Å². The molecule has 4 aromatic rings. The molecule has 8 nitrogen and oxygen atoms in total. The van der Waals surface area contributed by atoms with E-state index in [-0.39, 0.29) is 23.4 Å². The fourth-order valence-corrected chi connectivity index (χ4v) is 5.48. The molecule has 2 amide bonds. The Labute approximate surface area is 223 Å². The van der Waals surface area contributed by atoms with Crippen LogP contribution >= 0.6 is 31.9 Å². The molecule has 36 heavy (non-hydrogen) atoms. The van der Waals surface area contributed by atoms with Crippen LogP contribution in [-0.4, -0.2) is 58.0 Å². The van der Waals surface area contributed by atoms with E-state index in [0.29, 0.717) is 48.4 Å². The van der Waals surface area contributed by atoms with Gasteiger partial charge in [-0.05, 0) is 36.4 Å². The Morgan fingerprint density at radius 1 is 0.833 bits per heavy atom. The van der Waals surface area contributed by atoms with E-state index >= 15 is 0 Å². The monoisotopic (exact) mass is 612 g/mol. The molecular weight excluding hydrogens is 592 g/mol. The van der Waals surface area contributed by atoms with E-state index in [9.17, 15) is 19.2 Å². The predicted molar refractivity (Wildman–Crippen MR) is 144 cm³/mol. The summed E-state index contributed by atoms with van der Waals surface area (Å²) in [4.78, 5) is 53.2. The summed E-state index contributed by atoms with van der Waals surface area (Å²) in [6, 6.07) is 11.3. The Balaban J connectivity index is 0.000000149. The summed E-state index contributed by atoms with van der Waals surface area (Å²) in [7, 11) is 3.57. The third kappa shape index (κ3) is 4.08. The number of nitrogens with zero attached hydrogens (tertiary/aromatic N) is 2. The van der Waals surface area contributed by atoms with E-state index in [1.54, 1.807) is 11.9 Å². The molecule has 2 aromatic heterocycles. The average molecular weight is 614 g/mol. The van der Waals surface area contributed by atoms with Gasteiger partial charge < -0.3 is 19.8 Å². The highest BCUT2D eigenvalue weighted by Gasteiger charge is 2.31.